The van der Waals surface area contributed by atoms with Gasteiger partial charge in [-0.25, -0.2) is 9.42 Å². The number of amides is 2. The summed E-state index contributed by atoms with van der Waals surface area (Å²) >= 11 is 0. The summed E-state index contributed by atoms with van der Waals surface area (Å²) in [5, 5.41) is 17.5. The molecule has 0 aliphatic heterocycles. The molecule has 23 heavy (non-hydrogen) atoms. The Labute approximate surface area is 132 Å². The van der Waals surface area contributed by atoms with Gasteiger partial charge in [0.25, 0.3) is 0 Å². The highest BCUT2D eigenvalue weighted by Gasteiger charge is 2.13. The van der Waals surface area contributed by atoms with Gasteiger partial charge in [0.15, 0.2) is 0 Å². The molecule has 2 N–H and O–H groups in total. The van der Waals surface area contributed by atoms with Crippen molar-refractivity contribution in [1.82, 2.24) is 25.4 Å². The number of urea groups is 1. The van der Waals surface area contributed by atoms with Crippen LogP contribution in [0.1, 0.15) is 31.0 Å². The molecule has 2 heterocycles. The van der Waals surface area contributed by atoms with Crippen LogP contribution in [0.4, 0.5) is 10.5 Å². The van der Waals surface area contributed by atoms with Crippen molar-refractivity contribution in [2.24, 2.45) is 7.05 Å². The monoisotopic (exact) mass is 314 g/mol. The van der Waals surface area contributed by atoms with E-state index >= 15 is 0 Å². The summed E-state index contributed by atoms with van der Waals surface area (Å²) in [4.78, 5) is 12.1. The topological polar surface area (TPSA) is 97.9 Å². The number of hydrogen-bond donors (Lipinski definition) is 2. The Balaban J connectivity index is 1.63. The Morgan fingerprint density at radius 1 is 1.30 bits per heavy atom. The van der Waals surface area contributed by atoms with Gasteiger partial charge in [0.1, 0.15) is 11.0 Å². The van der Waals surface area contributed by atoms with Gasteiger partial charge in [0.05, 0.1) is 11.4 Å². The van der Waals surface area contributed by atoms with Gasteiger partial charge >= 0.3 is 6.03 Å². The normalized spacial score (nSPS) is 11.1. The standard InChI is InChI=1S/C15H18N6O2/c1-9(2)14-13(8-21(3)18-14)17-15(22)16-7-10-4-5-11-12(6-10)20-23-19-11/h4-6,8-9H,7H2,1-3H3,(H2,16,17,22). The van der Waals surface area contributed by atoms with Crippen LogP contribution >= 0.6 is 0 Å². The first kappa shape index (κ1) is 15.0. The minimum absolute atomic E-state index is 0.230. The van der Waals surface area contributed by atoms with Crippen LogP contribution < -0.4 is 10.6 Å². The quantitative estimate of drug-likeness (QED) is 0.770. The molecular weight excluding hydrogens is 296 g/mol. The summed E-state index contributed by atoms with van der Waals surface area (Å²) in [7, 11) is 1.83. The molecule has 2 amide bonds. The van der Waals surface area contributed by atoms with E-state index in [1.165, 1.54) is 0 Å². The van der Waals surface area contributed by atoms with Crippen molar-refractivity contribution in [2.75, 3.05) is 5.32 Å². The number of carbonyl (C=O) groups excluding carboxylic acids is 1. The maximum Gasteiger partial charge on any atom is 0.319 e. The van der Waals surface area contributed by atoms with Gasteiger partial charge in [0, 0.05) is 19.8 Å². The zero-order chi connectivity index (χ0) is 16.4. The first-order valence-corrected chi connectivity index (χ1v) is 7.32. The molecule has 2 aromatic heterocycles. The molecule has 0 bridgehead atoms. The molecule has 3 rings (SSSR count). The molecular formula is C15H18N6O2. The zero-order valence-corrected chi connectivity index (χ0v) is 13.2. The van der Waals surface area contributed by atoms with Crippen LogP contribution in [0, 0.1) is 0 Å². The van der Waals surface area contributed by atoms with Crippen LogP contribution in [0.2, 0.25) is 0 Å². The molecule has 0 fully saturated rings. The molecule has 8 heteroatoms. The van der Waals surface area contributed by atoms with Gasteiger partial charge in [-0.2, -0.15) is 5.10 Å². The first-order chi connectivity index (χ1) is 11.0. The second-order valence-electron chi connectivity index (χ2n) is 5.65. The highest BCUT2D eigenvalue weighted by molar-refractivity contribution is 5.89. The number of rotatable bonds is 4. The average Bonchev–Trinajstić information content (AvgIpc) is 3.10. The highest BCUT2D eigenvalue weighted by atomic mass is 16.6. The van der Waals surface area contributed by atoms with Crippen molar-refractivity contribution in [3.63, 3.8) is 0 Å². The fraction of sp³-hybridized carbons (Fsp3) is 0.333. The summed E-state index contributed by atoms with van der Waals surface area (Å²) in [6.45, 7) is 4.45. The predicted octanol–water partition coefficient (Wildman–Crippen LogP) is 2.40. The molecule has 0 radical (unpaired) electrons. The number of nitrogens with one attached hydrogen (secondary N) is 2. The van der Waals surface area contributed by atoms with Crippen molar-refractivity contribution >= 4 is 22.8 Å². The maximum atomic E-state index is 12.1. The Hall–Kier alpha value is -2.90. The Bertz CT molecular complexity index is 835. The molecule has 0 atom stereocenters. The Kier molecular flexibility index (Phi) is 3.96. The summed E-state index contributed by atoms with van der Waals surface area (Å²) in [5.41, 5.74) is 3.85. The molecule has 0 aliphatic rings. The van der Waals surface area contributed by atoms with Crippen molar-refractivity contribution < 1.29 is 9.42 Å². The van der Waals surface area contributed by atoms with E-state index in [-0.39, 0.29) is 11.9 Å². The molecule has 8 nitrogen and oxygen atoms in total. The molecule has 0 saturated carbocycles. The smallest absolute Gasteiger partial charge is 0.319 e. The largest absolute Gasteiger partial charge is 0.334 e. The lowest BCUT2D eigenvalue weighted by Crippen LogP contribution is -2.28. The van der Waals surface area contributed by atoms with Gasteiger partial charge < -0.3 is 10.6 Å². The molecule has 0 aliphatic carbocycles. The van der Waals surface area contributed by atoms with E-state index in [9.17, 15) is 4.79 Å². The molecule has 0 spiro atoms. The second-order valence-corrected chi connectivity index (χ2v) is 5.65. The number of aryl methyl sites for hydroxylation is 1. The minimum atomic E-state index is -0.279. The third-order valence-electron chi connectivity index (χ3n) is 3.42. The first-order valence-electron chi connectivity index (χ1n) is 7.32. The number of carbonyl (C=O) groups is 1. The van der Waals surface area contributed by atoms with Crippen LogP contribution in [-0.4, -0.2) is 26.1 Å². The lowest BCUT2D eigenvalue weighted by atomic mass is 10.1. The van der Waals surface area contributed by atoms with E-state index in [4.69, 9.17) is 0 Å². The lowest BCUT2D eigenvalue weighted by molar-refractivity contribution is 0.251. The van der Waals surface area contributed by atoms with Crippen LogP contribution in [0.15, 0.2) is 29.0 Å². The summed E-state index contributed by atoms with van der Waals surface area (Å²) in [6.07, 6.45) is 1.79. The van der Waals surface area contributed by atoms with E-state index in [1.54, 1.807) is 16.9 Å². The van der Waals surface area contributed by atoms with E-state index in [0.29, 0.717) is 17.6 Å². The zero-order valence-electron chi connectivity index (χ0n) is 13.2. The third-order valence-corrected chi connectivity index (χ3v) is 3.42. The van der Waals surface area contributed by atoms with Crippen LogP contribution in [0.25, 0.3) is 11.0 Å². The number of anilines is 1. The maximum absolute atomic E-state index is 12.1. The predicted molar refractivity (Wildman–Crippen MR) is 85.0 cm³/mol. The molecule has 120 valence electrons. The molecule has 1 aromatic carbocycles. The summed E-state index contributed by atoms with van der Waals surface area (Å²) < 4.78 is 6.34. The SMILES string of the molecule is CC(C)c1nn(C)cc1NC(=O)NCc1ccc2nonc2c1. The van der Waals surface area contributed by atoms with E-state index in [0.717, 1.165) is 16.9 Å². The van der Waals surface area contributed by atoms with Gasteiger partial charge in [0.2, 0.25) is 0 Å². The number of benzene rings is 1. The third kappa shape index (κ3) is 3.31. The lowest BCUT2D eigenvalue weighted by Gasteiger charge is -2.09. The van der Waals surface area contributed by atoms with Crippen molar-refractivity contribution in [2.45, 2.75) is 26.3 Å². The van der Waals surface area contributed by atoms with Gasteiger partial charge in [-0.15, -0.1) is 0 Å². The number of fused-ring (bicyclic) bond motifs is 1. The summed E-state index contributed by atoms with van der Waals surface area (Å²) in [5.74, 6) is 0.230. The summed E-state index contributed by atoms with van der Waals surface area (Å²) in [6, 6.07) is 5.23. The fourth-order valence-electron chi connectivity index (χ4n) is 2.31. The van der Waals surface area contributed by atoms with Crippen molar-refractivity contribution in [3.05, 3.63) is 35.7 Å². The van der Waals surface area contributed by atoms with Gasteiger partial charge in [-0.3, -0.25) is 4.68 Å². The molecule has 3 aromatic rings. The van der Waals surface area contributed by atoms with Gasteiger partial charge in [-0.1, -0.05) is 19.9 Å². The average molecular weight is 314 g/mol. The van der Waals surface area contributed by atoms with Crippen molar-refractivity contribution in [1.29, 1.82) is 0 Å². The number of nitrogens with zero attached hydrogens (tertiary/aromatic N) is 4. The molecule has 0 unspecified atom stereocenters. The fourth-order valence-corrected chi connectivity index (χ4v) is 2.31. The Morgan fingerprint density at radius 2 is 2.09 bits per heavy atom. The number of aromatic nitrogens is 4. The van der Waals surface area contributed by atoms with Crippen LogP contribution in [0.5, 0.6) is 0 Å². The van der Waals surface area contributed by atoms with Crippen LogP contribution in [-0.2, 0) is 13.6 Å². The van der Waals surface area contributed by atoms with E-state index < -0.39 is 0 Å². The second kappa shape index (κ2) is 6.07. The molecule has 0 saturated heterocycles. The van der Waals surface area contributed by atoms with Crippen LogP contribution in [0.3, 0.4) is 0 Å². The number of hydrogen-bond acceptors (Lipinski definition) is 5. The van der Waals surface area contributed by atoms with E-state index in [2.05, 4.69) is 30.7 Å². The van der Waals surface area contributed by atoms with Crippen molar-refractivity contribution in [3.8, 4) is 0 Å². The van der Waals surface area contributed by atoms with E-state index in [1.807, 2.05) is 33.0 Å². The Morgan fingerprint density at radius 3 is 2.87 bits per heavy atom. The minimum Gasteiger partial charge on any atom is -0.334 e. The van der Waals surface area contributed by atoms with Gasteiger partial charge in [-0.05, 0) is 33.9 Å². The highest BCUT2D eigenvalue weighted by Crippen LogP contribution is 2.21.